The van der Waals surface area contributed by atoms with Crippen LogP contribution in [-0.4, -0.2) is 315 Å². The Labute approximate surface area is 667 Å². The number of ether oxygens (including phenoxy) is 10. The van der Waals surface area contributed by atoms with Crippen molar-refractivity contribution in [2.24, 2.45) is 5.92 Å². The molecular formula is C80H146N2O31. The number of aliphatic hydroxyl groups is 16. The first-order valence-corrected chi connectivity index (χ1v) is 42.6. The van der Waals surface area contributed by atoms with Gasteiger partial charge >= 0.3 is 5.97 Å². The quantitative estimate of drug-likeness (QED) is 0.0389. The van der Waals surface area contributed by atoms with Gasteiger partial charge in [0, 0.05) is 32.1 Å². The van der Waals surface area contributed by atoms with E-state index in [0.29, 0.717) is 12.8 Å². The summed E-state index contributed by atoms with van der Waals surface area (Å²) >= 11 is 0. The molecule has 0 saturated carbocycles. The van der Waals surface area contributed by atoms with Crippen molar-refractivity contribution in [3.63, 3.8) is 0 Å². The van der Waals surface area contributed by atoms with Gasteiger partial charge in [0.05, 0.1) is 70.0 Å². The van der Waals surface area contributed by atoms with Gasteiger partial charge in [-0.1, -0.05) is 226 Å². The Bertz CT molecular complexity index is 2560. The molecule has 0 aliphatic carbocycles. The monoisotopic (exact) mass is 1630 g/mol. The van der Waals surface area contributed by atoms with Crippen LogP contribution < -0.4 is 10.6 Å². The van der Waals surface area contributed by atoms with Gasteiger partial charge in [0.1, 0.15) is 110 Å². The van der Waals surface area contributed by atoms with Crippen molar-refractivity contribution in [3.8, 4) is 0 Å². The fourth-order valence-corrected chi connectivity index (χ4v) is 15.9. The van der Waals surface area contributed by atoms with Crippen molar-refractivity contribution in [1.29, 1.82) is 0 Å². The second-order valence-electron chi connectivity index (χ2n) is 32.1. The summed E-state index contributed by atoms with van der Waals surface area (Å²) in [6, 6.07) is -2.80. The lowest BCUT2D eigenvalue weighted by molar-refractivity contribution is -0.406. The van der Waals surface area contributed by atoms with Crippen molar-refractivity contribution in [3.05, 3.63) is 0 Å². The standard InChI is InChI=1S/C80H146N2O31/c1-5-7-9-11-13-15-17-19-20-21-22-23-24-25-26-28-30-32-34-36-38-40-60(93)82-52(53(90)39-37-35-33-31-29-27-18-16-14-12-10-8-6-2)48-104-76-68(100)66(98)71(58(46-86)107-76)110-78-69(101)74(113-80(79(102)103)42-54(91)61(81-50(4)89)73(112-80)62(94)55(92)43-83)72(59(47-87)108-78)111-75-51(41-49(3)88)70(64(96)57(45-85)105-75)109-77-67(99)65(97)63(95)56(44-84)106-77/h51-59,61-78,83-87,90-92,94-101H,5-48H2,1-4H3,(H,81,89)(H,82,93)(H,102,103)/t51-,52+,53-,54+,55-,56-,57-,58-,59-,61-,62-,63+,64+,65+,66-,67-,68-,69-,70-,71-,72+,73?,74-,75+,76-,77+,78+,80+/m1/s1. The van der Waals surface area contributed by atoms with Gasteiger partial charge in [-0.25, -0.2) is 4.79 Å². The molecule has 0 aromatic rings. The van der Waals surface area contributed by atoms with Crippen LogP contribution in [0.1, 0.15) is 272 Å². The van der Waals surface area contributed by atoms with Crippen LogP contribution >= 0.6 is 0 Å². The third-order valence-corrected chi connectivity index (χ3v) is 22.7. The molecule has 5 aliphatic rings. The number of nitrogens with one attached hydrogen (secondary N) is 2. The third-order valence-electron chi connectivity index (χ3n) is 22.7. The largest absolute Gasteiger partial charge is 0.477 e. The molecule has 19 N–H and O–H groups in total. The summed E-state index contributed by atoms with van der Waals surface area (Å²) in [7, 11) is 0. The minimum Gasteiger partial charge on any atom is -0.477 e. The number of unbranched alkanes of at least 4 members (excludes halogenated alkanes) is 32. The molecule has 0 bridgehead atoms. The zero-order valence-electron chi connectivity index (χ0n) is 67.5. The molecule has 0 spiro atoms. The number of carboxylic acids is 1. The van der Waals surface area contributed by atoms with Gasteiger partial charge in [-0.3, -0.25) is 9.59 Å². The van der Waals surface area contributed by atoms with Crippen LogP contribution in [0.25, 0.3) is 0 Å². The van der Waals surface area contributed by atoms with Crippen LogP contribution in [0, 0.1) is 5.92 Å². The van der Waals surface area contributed by atoms with Crippen molar-refractivity contribution in [2.45, 2.75) is 437 Å². The van der Waals surface area contributed by atoms with Gasteiger partial charge in [-0.15, -0.1) is 0 Å². The summed E-state index contributed by atoms with van der Waals surface area (Å²) in [4.78, 5) is 53.3. The predicted octanol–water partition coefficient (Wildman–Crippen LogP) is 2.61. The van der Waals surface area contributed by atoms with E-state index in [4.69, 9.17) is 47.4 Å². The van der Waals surface area contributed by atoms with Gasteiger partial charge in [-0.2, -0.15) is 0 Å². The van der Waals surface area contributed by atoms with E-state index in [0.717, 1.165) is 71.6 Å². The van der Waals surface area contributed by atoms with Gasteiger partial charge < -0.3 is 150 Å². The predicted molar refractivity (Wildman–Crippen MR) is 407 cm³/mol. The minimum absolute atomic E-state index is 0.162. The molecular weight excluding hydrogens is 1480 g/mol. The Morgan fingerprint density at radius 2 is 0.867 bits per heavy atom. The van der Waals surface area contributed by atoms with Crippen LogP contribution in [0.5, 0.6) is 0 Å². The lowest BCUT2D eigenvalue weighted by Crippen LogP contribution is -2.71. The van der Waals surface area contributed by atoms with Gasteiger partial charge in [-0.05, 0) is 19.8 Å². The molecule has 5 rings (SSSR count). The molecule has 2 amide bonds. The molecule has 0 radical (unpaired) electrons. The van der Waals surface area contributed by atoms with E-state index in [9.17, 15) is 106 Å². The van der Waals surface area contributed by atoms with Crippen molar-refractivity contribution >= 4 is 23.6 Å². The lowest BCUT2D eigenvalue weighted by atomic mass is 9.86. The highest BCUT2D eigenvalue weighted by molar-refractivity contribution is 5.77. The van der Waals surface area contributed by atoms with E-state index in [1.165, 1.54) is 148 Å². The maximum atomic E-state index is 13.9. The van der Waals surface area contributed by atoms with Gasteiger partial charge in [0.25, 0.3) is 5.79 Å². The third kappa shape index (κ3) is 32.8. The van der Waals surface area contributed by atoms with E-state index in [1.54, 1.807) is 0 Å². The molecule has 28 atom stereocenters. The normalized spacial score (nSPS) is 33.4. The van der Waals surface area contributed by atoms with Crippen molar-refractivity contribution < 1.29 is 153 Å². The van der Waals surface area contributed by atoms with Crippen LogP contribution in [0.3, 0.4) is 0 Å². The summed E-state index contributed by atoms with van der Waals surface area (Å²) in [6.07, 6.45) is -9.95. The highest BCUT2D eigenvalue weighted by atomic mass is 16.8. The summed E-state index contributed by atoms with van der Waals surface area (Å²) < 4.78 is 60.6. The zero-order valence-corrected chi connectivity index (χ0v) is 67.5. The fourth-order valence-electron chi connectivity index (χ4n) is 15.9. The minimum atomic E-state index is -3.36. The van der Waals surface area contributed by atoms with Crippen molar-refractivity contribution in [2.75, 3.05) is 39.6 Å². The van der Waals surface area contributed by atoms with E-state index >= 15 is 0 Å². The highest BCUT2D eigenvalue weighted by Crippen LogP contribution is 2.43. The first-order valence-electron chi connectivity index (χ1n) is 42.6. The molecule has 33 heteroatoms. The lowest BCUT2D eigenvalue weighted by Gasteiger charge is -2.52. The molecule has 113 heavy (non-hydrogen) atoms. The SMILES string of the molecule is CCCCCCCCCCCCCCCCCCCCCCCC(=O)N[C@@H](CO[C@@H]1O[C@H](CO)[C@@H](O[C@@H]2O[C@H](CO)[C@H](O[C@@H]3O[C@H](CO)[C@H](O)[C@H](O[C@@H]4O[C@H](CO)[C@H](O)[C@H](O)[C@H]4O)[C@H]3CC(C)=O)[C@H](O[C@]3(C(=O)O)C[C@H](O)[C@@H](NC(C)=O)C([C@H](O)[C@H](O)CO)O3)[C@H]2O)[C@H](O)[C@H]1O)[C@H](O)CCCCCCCCCCCCCCC. The number of ketones is 1. The first kappa shape index (κ1) is 101. The van der Waals surface area contributed by atoms with E-state index in [1.807, 2.05) is 0 Å². The number of rotatable bonds is 60. The van der Waals surface area contributed by atoms with Crippen LogP contribution in [-0.2, 0) is 66.5 Å². The zero-order chi connectivity index (χ0) is 83.0. The number of amides is 2. The summed E-state index contributed by atoms with van der Waals surface area (Å²) in [5.41, 5.74) is 0. The van der Waals surface area contributed by atoms with Crippen LogP contribution in [0.15, 0.2) is 0 Å². The molecule has 5 fully saturated rings. The van der Waals surface area contributed by atoms with E-state index in [-0.39, 0.29) is 18.7 Å². The molecule has 1 unspecified atom stereocenters. The fraction of sp³-hybridized carbons (Fsp3) is 0.950. The Morgan fingerprint density at radius 1 is 0.451 bits per heavy atom. The Hall–Kier alpha value is -2.96. The number of aliphatic carboxylic acids is 1. The number of carbonyl (C=O) groups is 4. The Balaban J connectivity index is 1.33. The second kappa shape index (κ2) is 55.1. The topological polar surface area (TPSA) is 529 Å². The molecule has 0 aromatic carbocycles. The molecule has 0 aromatic heterocycles. The molecule has 5 aliphatic heterocycles. The number of aliphatic hydroxyl groups excluding tert-OH is 16. The maximum absolute atomic E-state index is 13.9. The smallest absolute Gasteiger partial charge is 0.364 e. The number of carboxylic acid groups (broad SMARTS) is 1. The average molecular weight is 1630 g/mol. The molecule has 33 nitrogen and oxygen atoms in total. The number of Topliss-reactive ketones (excluding diaryl/α,β-unsaturated/α-hetero) is 1. The summed E-state index contributed by atoms with van der Waals surface area (Å²) in [5.74, 6) is -9.02. The van der Waals surface area contributed by atoms with E-state index < -0.39 is 241 Å². The Morgan fingerprint density at radius 3 is 1.34 bits per heavy atom. The van der Waals surface area contributed by atoms with Gasteiger partial charge in [0.15, 0.2) is 25.2 Å². The van der Waals surface area contributed by atoms with Crippen LogP contribution in [0.4, 0.5) is 0 Å². The van der Waals surface area contributed by atoms with Gasteiger partial charge in [0.2, 0.25) is 11.8 Å². The number of hydrogen-bond acceptors (Lipinski definition) is 30. The van der Waals surface area contributed by atoms with E-state index in [2.05, 4.69) is 24.5 Å². The molecule has 5 heterocycles. The summed E-state index contributed by atoms with van der Waals surface area (Å²) in [5, 5.41) is 195. The molecule has 662 valence electrons. The summed E-state index contributed by atoms with van der Waals surface area (Å²) in [6.45, 7) is 0.639. The number of carbonyl (C=O) groups excluding carboxylic acids is 3. The van der Waals surface area contributed by atoms with Crippen LogP contribution in [0.2, 0.25) is 0 Å². The maximum Gasteiger partial charge on any atom is 0.364 e. The second-order valence-corrected chi connectivity index (χ2v) is 32.1. The molecule has 5 saturated heterocycles. The van der Waals surface area contributed by atoms with Crippen molar-refractivity contribution in [1.82, 2.24) is 10.6 Å². The highest BCUT2D eigenvalue weighted by Gasteiger charge is 2.62. The number of hydrogen-bond donors (Lipinski definition) is 19. The first-order chi connectivity index (χ1) is 54.3. The Kier molecular flexibility index (Phi) is 49.0. The average Bonchev–Trinajstić information content (AvgIpc) is 0.767.